The van der Waals surface area contributed by atoms with Crippen LogP contribution in [0.15, 0.2) is 42.5 Å². The molecule has 2 aromatic carbocycles. The van der Waals surface area contributed by atoms with Crippen molar-refractivity contribution < 1.29 is 28.2 Å². The monoisotopic (exact) mass is 392 g/mol. The van der Waals surface area contributed by atoms with Gasteiger partial charge >= 0.3 is 12.1 Å². The number of benzene rings is 2. The van der Waals surface area contributed by atoms with Crippen molar-refractivity contribution in [3.05, 3.63) is 65.2 Å². The minimum atomic E-state index is -1.42. The van der Waals surface area contributed by atoms with E-state index in [4.69, 9.17) is 10.5 Å². The summed E-state index contributed by atoms with van der Waals surface area (Å²) in [5, 5.41) is 9.76. The molecule has 28 heavy (non-hydrogen) atoms. The number of ether oxygens (including phenoxy) is 1. The van der Waals surface area contributed by atoms with Crippen molar-refractivity contribution in [1.82, 2.24) is 4.90 Å². The van der Waals surface area contributed by atoms with E-state index < -0.39 is 47.6 Å². The van der Waals surface area contributed by atoms with E-state index in [0.717, 1.165) is 17.0 Å². The average Bonchev–Trinajstić information content (AvgIpc) is 2.58. The summed E-state index contributed by atoms with van der Waals surface area (Å²) in [6.07, 6.45) is -0.929. The van der Waals surface area contributed by atoms with E-state index in [0.29, 0.717) is 5.56 Å². The average molecular weight is 392 g/mol. The molecule has 0 radical (unpaired) electrons. The van der Waals surface area contributed by atoms with E-state index in [1.165, 1.54) is 0 Å². The molecule has 0 spiro atoms. The standard InChI is InChI=1S/C20H22F2N2O4/c1-20(2,3)28-19(27)24(11-12-9-14(21)16(23)15(22)10-12)17(18(25)26)13-7-5-4-6-8-13/h4-10,17H,11,23H2,1-3H3,(H,25,26)/t17-/m1/s1. The van der Waals surface area contributed by atoms with Gasteiger partial charge in [-0.05, 0) is 44.0 Å². The van der Waals surface area contributed by atoms with Gasteiger partial charge in [-0.25, -0.2) is 18.4 Å². The molecule has 0 aromatic heterocycles. The zero-order valence-corrected chi connectivity index (χ0v) is 15.8. The molecule has 0 aliphatic heterocycles. The Balaban J connectivity index is 2.49. The van der Waals surface area contributed by atoms with Crippen molar-refractivity contribution in [3.63, 3.8) is 0 Å². The van der Waals surface area contributed by atoms with Gasteiger partial charge in [-0.1, -0.05) is 30.3 Å². The van der Waals surface area contributed by atoms with Gasteiger partial charge in [0.1, 0.15) is 22.9 Å². The summed E-state index contributed by atoms with van der Waals surface area (Å²) in [7, 11) is 0. The van der Waals surface area contributed by atoms with Gasteiger partial charge < -0.3 is 15.6 Å². The number of carbonyl (C=O) groups excluding carboxylic acids is 1. The third-order valence-electron chi connectivity index (χ3n) is 3.78. The molecule has 0 saturated heterocycles. The van der Waals surface area contributed by atoms with Gasteiger partial charge in [-0.3, -0.25) is 4.90 Å². The number of nitrogen functional groups attached to an aromatic ring is 1. The number of nitrogens with two attached hydrogens (primary N) is 1. The third kappa shape index (κ3) is 5.18. The number of rotatable bonds is 5. The van der Waals surface area contributed by atoms with E-state index in [1.54, 1.807) is 51.1 Å². The summed E-state index contributed by atoms with van der Waals surface area (Å²) in [5.41, 5.74) is 4.09. The zero-order valence-electron chi connectivity index (χ0n) is 15.8. The molecule has 0 aliphatic carbocycles. The third-order valence-corrected chi connectivity index (χ3v) is 3.78. The zero-order chi connectivity index (χ0) is 21.1. The Morgan fingerprint density at radius 1 is 1.14 bits per heavy atom. The molecular weight excluding hydrogens is 370 g/mol. The number of aliphatic carboxylic acids is 1. The van der Waals surface area contributed by atoms with Gasteiger partial charge in [0, 0.05) is 0 Å². The van der Waals surface area contributed by atoms with Crippen LogP contribution in [0.3, 0.4) is 0 Å². The van der Waals surface area contributed by atoms with Crippen LogP contribution in [0.1, 0.15) is 37.9 Å². The van der Waals surface area contributed by atoms with Crippen LogP contribution >= 0.6 is 0 Å². The fourth-order valence-electron chi connectivity index (χ4n) is 2.60. The summed E-state index contributed by atoms with van der Waals surface area (Å²) >= 11 is 0. The molecule has 2 rings (SSSR count). The Bertz CT molecular complexity index is 843. The number of hydrogen-bond donors (Lipinski definition) is 2. The van der Waals surface area contributed by atoms with Crippen molar-refractivity contribution in [2.24, 2.45) is 0 Å². The first-order valence-electron chi connectivity index (χ1n) is 8.50. The highest BCUT2D eigenvalue weighted by Gasteiger charge is 2.34. The minimum Gasteiger partial charge on any atom is -0.479 e. The quantitative estimate of drug-likeness (QED) is 0.747. The fraction of sp³-hybridized carbons (Fsp3) is 0.300. The maximum atomic E-state index is 13.8. The van der Waals surface area contributed by atoms with E-state index in [9.17, 15) is 23.5 Å². The van der Waals surface area contributed by atoms with E-state index in [-0.39, 0.29) is 5.56 Å². The predicted octanol–water partition coefficient (Wildman–Crippen LogP) is 4.11. The van der Waals surface area contributed by atoms with Gasteiger partial charge in [0.25, 0.3) is 0 Å². The smallest absolute Gasteiger partial charge is 0.411 e. The Kier molecular flexibility index (Phi) is 6.23. The lowest BCUT2D eigenvalue weighted by Gasteiger charge is -2.32. The summed E-state index contributed by atoms with van der Waals surface area (Å²) in [6.45, 7) is 4.49. The molecule has 2 aromatic rings. The molecule has 3 N–H and O–H groups in total. The molecule has 8 heteroatoms. The molecule has 0 saturated carbocycles. The van der Waals surface area contributed by atoms with Crippen LogP contribution in [0.2, 0.25) is 0 Å². The van der Waals surface area contributed by atoms with Crippen LogP contribution in [-0.4, -0.2) is 27.7 Å². The lowest BCUT2D eigenvalue weighted by molar-refractivity contribution is -0.143. The number of carbonyl (C=O) groups is 2. The molecule has 0 fully saturated rings. The lowest BCUT2D eigenvalue weighted by Crippen LogP contribution is -2.41. The van der Waals surface area contributed by atoms with Crippen molar-refractivity contribution in [2.45, 2.75) is 39.0 Å². The van der Waals surface area contributed by atoms with E-state index in [2.05, 4.69) is 0 Å². The predicted molar refractivity (Wildman–Crippen MR) is 99.4 cm³/mol. The van der Waals surface area contributed by atoms with Gasteiger partial charge in [-0.15, -0.1) is 0 Å². The Hall–Kier alpha value is -3.16. The molecular formula is C20H22F2N2O4. The number of anilines is 1. The molecule has 1 amide bonds. The van der Waals surface area contributed by atoms with Crippen LogP contribution in [0.25, 0.3) is 0 Å². The van der Waals surface area contributed by atoms with Crippen molar-refractivity contribution in [2.75, 3.05) is 5.73 Å². The number of carboxylic acids is 1. The van der Waals surface area contributed by atoms with Crippen molar-refractivity contribution in [1.29, 1.82) is 0 Å². The van der Waals surface area contributed by atoms with Gasteiger partial charge in [0.15, 0.2) is 6.04 Å². The SMILES string of the molecule is CC(C)(C)OC(=O)N(Cc1cc(F)c(N)c(F)c1)[C@@H](C(=O)O)c1ccccc1. The maximum Gasteiger partial charge on any atom is 0.411 e. The van der Waals surface area contributed by atoms with Crippen LogP contribution < -0.4 is 5.73 Å². The Labute approximate surface area is 161 Å². The number of hydrogen-bond acceptors (Lipinski definition) is 4. The normalized spacial score (nSPS) is 12.3. The van der Waals surface area contributed by atoms with Crippen LogP contribution in [0.4, 0.5) is 19.3 Å². The first-order chi connectivity index (χ1) is 13.0. The van der Waals surface area contributed by atoms with E-state index >= 15 is 0 Å². The molecule has 1 atom stereocenters. The number of amides is 1. The minimum absolute atomic E-state index is 0.0391. The van der Waals surface area contributed by atoms with Gasteiger partial charge in [0.05, 0.1) is 6.54 Å². The summed E-state index contributed by atoms with van der Waals surface area (Å²) in [4.78, 5) is 25.6. The summed E-state index contributed by atoms with van der Waals surface area (Å²) in [5.74, 6) is -3.30. The summed E-state index contributed by atoms with van der Waals surface area (Å²) < 4.78 is 33.0. The fourth-order valence-corrected chi connectivity index (χ4v) is 2.60. The molecule has 6 nitrogen and oxygen atoms in total. The van der Waals surface area contributed by atoms with Crippen molar-refractivity contribution in [3.8, 4) is 0 Å². The summed E-state index contributed by atoms with van der Waals surface area (Å²) in [6, 6.07) is 8.53. The topological polar surface area (TPSA) is 92.9 Å². The molecule has 0 unspecified atom stereocenters. The maximum absolute atomic E-state index is 13.8. The molecule has 150 valence electrons. The van der Waals surface area contributed by atoms with Crippen molar-refractivity contribution >= 4 is 17.7 Å². The first kappa shape index (κ1) is 21.1. The Morgan fingerprint density at radius 3 is 2.14 bits per heavy atom. The second-order valence-corrected chi connectivity index (χ2v) is 7.23. The second-order valence-electron chi connectivity index (χ2n) is 7.23. The molecule has 0 aliphatic rings. The molecule has 0 heterocycles. The van der Waals surface area contributed by atoms with E-state index in [1.807, 2.05) is 0 Å². The van der Waals surface area contributed by atoms with Gasteiger partial charge in [0.2, 0.25) is 0 Å². The Morgan fingerprint density at radius 2 is 1.68 bits per heavy atom. The lowest BCUT2D eigenvalue weighted by atomic mass is 10.0. The largest absolute Gasteiger partial charge is 0.479 e. The van der Waals surface area contributed by atoms with Crippen LogP contribution in [0, 0.1) is 11.6 Å². The van der Waals surface area contributed by atoms with Crippen LogP contribution in [0.5, 0.6) is 0 Å². The van der Waals surface area contributed by atoms with Crippen LogP contribution in [-0.2, 0) is 16.1 Å². The van der Waals surface area contributed by atoms with Gasteiger partial charge in [-0.2, -0.15) is 0 Å². The highest BCUT2D eigenvalue weighted by molar-refractivity contribution is 5.81. The number of carboxylic acid groups (broad SMARTS) is 1. The second kappa shape index (κ2) is 8.24. The molecule has 0 bridgehead atoms. The highest BCUT2D eigenvalue weighted by Crippen LogP contribution is 2.27. The number of nitrogens with zero attached hydrogens (tertiary/aromatic N) is 1. The number of halogens is 2. The highest BCUT2D eigenvalue weighted by atomic mass is 19.1. The first-order valence-corrected chi connectivity index (χ1v) is 8.50.